The fourth-order valence-electron chi connectivity index (χ4n) is 2.75. The highest BCUT2D eigenvalue weighted by Crippen LogP contribution is 2.42. The molecule has 1 rings (SSSR count). The summed E-state index contributed by atoms with van der Waals surface area (Å²) in [6, 6.07) is 1.84. The van der Waals surface area contributed by atoms with Gasteiger partial charge in [0.25, 0.3) is 5.91 Å². The number of benzene rings is 1. The lowest BCUT2D eigenvalue weighted by atomic mass is 9.76. The van der Waals surface area contributed by atoms with Gasteiger partial charge >= 0.3 is 0 Å². The van der Waals surface area contributed by atoms with Crippen LogP contribution in [0.25, 0.3) is 0 Å². The van der Waals surface area contributed by atoms with Crippen molar-refractivity contribution in [2.24, 2.45) is 0 Å². The molecular weight excluding hydrogens is 262 g/mol. The second kappa shape index (κ2) is 5.70. The van der Waals surface area contributed by atoms with Crippen LogP contribution in [0.15, 0.2) is 6.07 Å². The van der Waals surface area contributed by atoms with Crippen LogP contribution in [0.5, 0.6) is 5.75 Å². The molecule has 0 saturated heterocycles. The number of rotatable bonds is 2. The maximum atomic E-state index is 12.3. The molecule has 21 heavy (non-hydrogen) atoms. The molecule has 0 fully saturated rings. The molecule has 1 aromatic rings. The van der Waals surface area contributed by atoms with E-state index < -0.39 is 0 Å². The minimum absolute atomic E-state index is 0.0778. The Bertz CT molecular complexity index is 546. The number of phenols is 1. The molecule has 0 aliphatic rings. The van der Waals surface area contributed by atoms with Gasteiger partial charge in [0, 0.05) is 23.2 Å². The predicted octanol–water partition coefficient (Wildman–Crippen LogP) is 4.05. The molecule has 0 spiro atoms. The van der Waals surface area contributed by atoms with Crippen molar-refractivity contribution in [3.05, 3.63) is 28.3 Å². The third-order valence-corrected chi connectivity index (χ3v) is 3.70. The first-order valence-electron chi connectivity index (χ1n) is 7.57. The van der Waals surface area contributed by atoms with Crippen molar-refractivity contribution >= 4 is 5.91 Å². The third-order valence-electron chi connectivity index (χ3n) is 3.70. The van der Waals surface area contributed by atoms with Crippen LogP contribution in [0, 0.1) is 6.92 Å². The second-order valence-corrected chi connectivity index (χ2v) is 7.68. The monoisotopic (exact) mass is 291 g/mol. The fourth-order valence-corrected chi connectivity index (χ4v) is 2.75. The Kier molecular flexibility index (Phi) is 4.76. The van der Waals surface area contributed by atoms with Crippen LogP contribution in [0.2, 0.25) is 0 Å². The molecule has 0 bridgehead atoms. The minimum atomic E-state index is -0.226. The molecule has 0 atom stereocenters. The Morgan fingerprint density at radius 3 is 2.05 bits per heavy atom. The molecule has 0 unspecified atom stereocenters. The quantitative estimate of drug-likeness (QED) is 0.863. The summed E-state index contributed by atoms with van der Waals surface area (Å²) in [5, 5.41) is 13.6. The highest BCUT2D eigenvalue weighted by molar-refractivity contribution is 5.96. The van der Waals surface area contributed by atoms with E-state index in [1.54, 1.807) is 0 Å². The van der Waals surface area contributed by atoms with Gasteiger partial charge in [-0.2, -0.15) is 0 Å². The van der Waals surface area contributed by atoms with Crippen molar-refractivity contribution in [1.29, 1.82) is 0 Å². The second-order valence-electron chi connectivity index (χ2n) is 7.68. The van der Waals surface area contributed by atoms with E-state index in [4.69, 9.17) is 0 Å². The molecule has 2 N–H and O–H groups in total. The number of nitrogens with one attached hydrogen (secondary N) is 1. The molecule has 1 amide bonds. The summed E-state index contributed by atoms with van der Waals surface area (Å²) in [5.74, 6) is 0.242. The molecule has 3 nitrogen and oxygen atoms in total. The van der Waals surface area contributed by atoms with E-state index in [1.807, 2.05) is 40.7 Å². The Morgan fingerprint density at radius 2 is 1.67 bits per heavy atom. The third kappa shape index (κ3) is 3.58. The van der Waals surface area contributed by atoms with Gasteiger partial charge in [0.2, 0.25) is 0 Å². The number of hydrogen-bond donors (Lipinski definition) is 2. The van der Waals surface area contributed by atoms with Crippen molar-refractivity contribution in [3.8, 4) is 5.75 Å². The van der Waals surface area contributed by atoms with E-state index in [2.05, 4.69) is 26.1 Å². The van der Waals surface area contributed by atoms with E-state index in [9.17, 15) is 9.90 Å². The summed E-state index contributed by atoms with van der Waals surface area (Å²) < 4.78 is 0. The summed E-state index contributed by atoms with van der Waals surface area (Å²) in [5.41, 5.74) is 2.74. The van der Waals surface area contributed by atoms with Crippen molar-refractivity contribution in [3.63, 3.8) is 0 Å². The first kappa shape index (κ1) is 17.5. The topological polar surface area (TPSA) is 49.3 Å². The van der Waals surface area contributed by atoms with Crippen molar-refractivity contribution in [2.45, 2.75) is 66.2 Å². The van der Waals surface area contributed by atoms with Crippen LogP contribution < -0.4 is 5.32 Å². The number of aromatic hydroxyl groups is 1. The highest BCUT2D eigenvalue weighted by Gasteiger charge is 2.30. The summed E-state index contributed by atoms with van der Waals surface area (Å²) >= 11 is 0. The zero-order valence-electron chi connectivity index (χ0n) is 14.6. The van der Waals surface area contributed by atoms with Crippen LogP contribution in [0.4, 0.5) is 0 Å². The maximum absolute atomic E-state index is 12.3. The standard InChI is InChI=1S/C18H29NO2/c1-9-19-16(21)12-10-13(17(3,4)5)15(20)14(11(12)2)18(6,7)8/h10,20H,9H2,1-8H3,(H,19,21). The van der Waals surface area contributed by atoms with Crippen LogP contribution in [0.3, 0.4) is 0 Å². The molecule has 118 valence electrons. The zero-order valence-corrected chi connectivity index (χ0v) is 14.6. The van der Waals surface area contributed by atoms with E-state index in [0.717, 1.165) is 16.7 Å². The lowest BCUT2D eigenvalue weighted by Gasteiger charge is -2.30. The molecule has 0 aliphatic heterocycles. The number of hydrogen-bond acceptors (Lipinski definition) is 2. The molecule has 0 aliphatic carbocycles. The van der Waals surface area contributed by atoms with Crippen LogP contribution >= 0.6 is 0 Å². The predicted molar refractivity (Wildman–Crippen MR) is 88.3 cm³/mol. The smallest absolute Gasteiger partial charge is 0.251 e. The van der Waals surface area contributed by atoms with Gasteiger partial charge < -0.3 is 10.4 Å². The van der Waals surface area contributed by atoms with Crippen LogP contribution in [-0.4, -0.2) is 17.6 Å². The zero-order chi connectivity index (χ0) is 16.6. The molecule has 0 heterocycles. The van der Waals surface area contributed by atoms with Gasteiger partial charge in [0.15, 0.2) is 0 Å². The highest BCUT2D eigenvalue weighted by atomic mass is 16.3. The number of carbonyl (C=O) groups is 1. The molecule has 0 aromatic heterocycles. The van der Waals surface area contributed by atoms with E-state index in [-0.39, 0.29) is 16.7 Å². The lowest BCUT2D eigenvalue weighted by molar-refractivity contribution is 0.0955. The lowest BCUT2D eigenvalue weighted by Crippen LogP contribution is -2.27. The normalized spacial score (nSPS) is 12.4. The fraction of sp³-hybridized carbons (Fsp3) is 0.611. The summed E-state index contributed by atoms with van der Waals surface area (Å²) in [6.45, 7) is 16.7. The average molecular weight is 291 g/mol. The molecule has 0 radical (unpaired) electrons. The Balaban J connectivity index is 3.73. The average Bonchev–Trinajstić information content (AvgIpc) is 2.25. The Hall–Kier alpha value is -1.51. The summed E-state index contributed by atoms with van der Waals surface area (Å²) in [4.78, 5) is 12.3. The van der Waals surface area contributed by atoms with Gasteiger partial charge in [-0.1, -0.05) is 41.5 Å². The first-order valence-corrected chi connectivity index (χ1v) is 7.57. The Morgan fingerprint density at radius 1 is 1.14 bits per heavy atom. The van der Waals surface area contributed by atoms with Crippen LogP contribution in [0.1, 0.15) is 75.5 Å². The number of phenolic OH excluding ortho intramolecular Hbond substituents is 1. The van der Waals surface area contributed by atoms with Gasteiger partial charge in [-0.05, 0) is 36.3 Å². The van der Waals surface area contributed by atoms with Crippen molar-refractivity contribution < 1.29 is 9.90 Å². The van der Waals surface area contributed by atoms with E-state index in [0.29, 0.717) is 17.9 Å². The molecule has 3 heteroatoms. The van der Waals surface area contributed by atoms with Gasteiger partial charge in [-0.25, -0.2) is 0 Å². The molecular formula is C18H29NO2. The van der Waals surface area contributed by atoms with Gasteiger partial charge in [0.05, 0.1) is 0 Å². The first-order chi connectivity index (χ1) is 9.41. The largest absolute Gasteiger partial charge is 0.507 e. The maximum Gasteiger partial charge on any atom is 0.251 e. The van der Waals surface area contributed by atoms with Gasteiger partial charge in [-0.3, -0.25) is 4.79 Å². The van der Waals surface area contributed by atoms with Crippen molar-refractivity contribution in [2.75, 3.05) is 6.54 Å². The summed E-state index contributed by atoms with van der Waals surface area (Å²) in [7, 11) is 0. The van der Waals surface area contributed by atoms with Crippen molar-refractivity contribution in [1.82, 2.24) is 5.32 Å². The van der Waals surface area contributed by atoms with E-state index >= 15 is 0 Å². The Labute approximate surface area is 128 Å². The molecule has 0 saturated carbocycles. The van der Waals surface area contributed by atoms with Gasteiger partial charge in [0.1, 0.15) is 5.75 Å². The van der Waals surface area contributed by atoms with Crippen LogP contribution in [-0.2, 0) is 10.8 Å². The summed E-state index contributed by atoms with van der Waals surface area (Å²) in [6.07, 6.45) is 0. The van der Waals surface area contributed by atoms with E-state index in [1.165, 1.54) is 0 Å². The minimum Gasteiger partial charge on any atom is -0.507 e. The molecule has 1 aromatic carbocycles. The SMILES string of the molecule is CCNC(=O)c1cc(C(C)(C)C)c(O)c(C(C)(C)C)c1C. The number of carbonyl (C=O) groups excluding carboxylic acids is 1. The number of amides is 1. The van der Waals surface area contributed by atoms with Gasteiger partial charge in [-0.15, -0.1) is 0 Å².